The maximum absolute atomic E-state index is 12.5. The maximum atomic E-state index is 12.5. The summed E-state index contributed by atoms with van der Waals surface area (Å²) in [6.07, 6.45) is 0.404. The van der Waals surface area contributed by atoms with Crippen LogP contribution in [0.4, 0.5) is 0 Å². The van der Waals surface area contributed by atoms with Crippen molar-refractivity contribution in [3.8, 4) is 5.75 Å². The zero-order valence-electron chi connectivity index (χ0n) is 16.1. The van der Waals surface area contributed by atoms with Crippen molar-refractivity contribution in [3.63, 3.8) is 0 Å². The van der Waals surface area contributed by atoms with E-state index in [1.807, 2.05) is 24.3 Å². The molecule has 0 aliphatic carbocycles. The molecular weight excluding hydrogens is 380 g/mol. The predicted octanol–water partition coefficient (Wildman–Crippen LogP) is 0.828. The lowest BCUT2D eigenvalue weighted by atomic mass is 9.74. The summed E-state index contributed by atoms with van der Waals surface area (Å²) in [5, 5.41) is 6.89. The van der Waals surface area contributed by atoms with Crippen LogP contribution in [0.1, 0.15) is 21.9 Å². The lowest BCUT2D eigenvalue weighted by molar-refractivity contribution is -0.135. The Balaban J connectivity index is 0.000000941. The van der Waals surface area contributed by atoms with E-state index in [0.29, 0.717) is 17.9 Å². The number of aryl methyl sites for hydroxylation is 1. The van der Waals surface area contributed by atoms with E-state index in [2.05, 4.69) is 0 Å². The van der Waals surface area contributed by atoms with Crippen molar-refractivity contribution >= 4 is 18.3 Å². The Morgan fingerprint density at radius 3 is 2.52 bits per heavy atom. The molecule has 2 amide bonds. The second kappa shape index (κ2) is 9.05. The van der Waals surface area contributed by atoms with Gasteiger partial charge in [-0.15, -0.1) is 0 Å². The van der Waals surface area contributed by atoms with Crippen molar-refractivity contribution in [2.45, 2.75) is 13.3 Å². The molecule has 1 aliphatic rings. The molecule has 0 atom stereocenters. The molecule has 3 rings (SSSR count). The minimum atomic E-state index is -0.841. The maximum Gasteiger partial charge on any atom is 0.290 e. The number of carboxylic acid groups (broad SMARTS) is 1. The van der Waals surface area contributed by atoms with Crippen molar-refractivity contribution in [3.05, 3.63) is 63.7 Å². The molecule has 1 aromatic heterocycles. The first-order chi connectivity index (χ1) is 13.7. The summed E-state index contributed by atoms with van der Waals surface area (Å²) >= 11 is 0. The summed E-state index contributed by atoms with van der Waals surface area (Å²) in [6.45, 7) is 1.71. The number of hydrogen-bond donors (Lipinski definition) is 2. The summed E-state index contributed by atoms with van der Waals surface area (Å²) in [5.41, 5.74) is 5.38. The number of nitrogens with zero attached hydrogens (tertiary/aromatic N) is 1. The van der Waals surface area contributed by atoms with Gasteiger partial charge in [0, 0.05) is 25.2 Å². The van der Waals surface area contributed by atoms with Gasteiger partial charge in [0.2, 0.25) is 5.91 Å². The highest BCUT2D eigenvalue weighted by Gasteiger charge is 2.50. The summed E-state index contributed by atoms with van der Waals surface area (Å²) in [4.78, 5) is 46.0. The van der Waals surface area contributed by atoms with Crippen LogP contribution in [0.2, 0.25) is 0 Å². The van der Waals surface area contributed by atoms with Gasteiger partial charge in [-0.3, -0.25) is 19.2 Å². The van der Waals surface area contributed by atoms with E-state index >= 15 is 0 Å². The summed E-state index contributed by atoms with van der Waals surface area (Å²) in [5.74, 6) is 0.132. The molecule has 154 valence electrons. The first kappa shape index (κ1) is 21.7. The van der Waals surface area contributed by atoms with Crippen LogP contribution >= 0.6 is 0 Å². The van der Waals surface area contributed by atoms with Gasteiger partial charge in [0.15, 0.2) is 11.2 Å². The van der Waals surface area contributed by atoms with Crippen molar-refractivity contribution in [1.29, 1.82) is 0 Å². The normalized spacial score (nSPS) is 14.1. The Morgan fingerprint density at radius 2 is 1.97 bits per heavy atom. The van der Waals surface area contributed by atoms with E-state index in [9.17, 15) is 14.4 Å². The number of carbonyl (C=O) groups excluding carboxylic acids is 2. The number of benzene rings is 1. The average Bonchev–Trinajstić information content (AvgIpc) is 2.63. The van der Waals surface area contributed by atoms with Crippen molar-refractivity contribution < 1.29 is 28.6 Å². The second-order valence-corrected chi connectivity index (χ2v) is 6.71. The highest BCUT2D eigenvalue weighted by molar-refractivity contribution is 5.94. The monoisotopic (exact) mass is 402 g/mol. The minimum Gasteiger partial charge on any atom is -0.497 e. The van der Waals surface area contributed by atoms with Gasteiger partial charge in [-0.2, -0.15) is 0 Å². The molecule has 0 radical (unpaired) electrons. The lowest BCUT2D eigenvalue weighted by Gasteiger charge is -2.47. The molecule has 1 saturated heterocycles. The van der Waals surface area contributed by atoms with Crippen LogP contribution in [0, 0.1) is 12.3 Å². The Bertz CT molecular complexity index is 961. The molecule has 2 heterocycles. The number of amides is 2. The number of ether oxygens (including phenoxy) is 1. The first-order valence-corrected chi connectivity index (χ1v) is 8.66. The van der Waals surface area contributed by atoms with E-state index in [-0.39, 0.29) is 30.8 Å². The highest BCUT2D eigenvalue weighted by atomic mass is 16.5. The van der Waals surface area contributed by atoms with Gasteiger partial charge in [-0.1, -0.05) is 12.1 Å². The zero-order valence-corrected chi connectivity index (χ0v) is 16.1. The topological polar surface area (TPSA) is 140 Å². The predicted molar refractivity (Wildman–Crippen MR) is 103 cm³/mol. The fourth-order valence-corrected chi connectivity index (χ4v) is 3.22. The number of primary amides is 1. The molecule has 9 nitrogen and oxygen atoms in total. The first-order valence-electron chi connectivity index (χ1n) is 8.66. The van der Waals surface area contributed by atoms with Gasteiger partial charge in [-0.05, 0) is 31.0 Å². The van der Waals surface area contributed by atoms with Crippen molar-refractivity contribution in [1.82, 2.24) is 4.90 Å². The third kappa shape index (κ3) is 5.01. The average molecular weight is 402 g/mol. The number of carbonyl (C=O) groups is 3. The molecular formula is C20H22N2O7. The van der Waals surface area contributed by atoms with E-state index in [0.717, 1.165) is 11.6 Å². The number of hydrogen-bond acceptors (Lipinski definition) is 6. The Labute approximate surface area is 166 Å². The Hall–Kier alpha value is -3.62. The van der Waals surface area contributed by atoms with Gasteiger partial charge < -0.3 is 24.9 Å². The van der Waals surface area contributed by atoms with Crippen LogP contribution in [-0.4, -0.2) is 48.5 Å². The molecule has 0 spiro atoms. The minimum absolute atomic E-state index is 0.0329. The van der Waals surface area contributed by atoms with Gasteiger partial charge in [0.1, 0.15) is 11.5 Å². The van der Waals surface area contributed by atoms with Gasteiger partial charge in [0.25, 0.3) is 12.4 Å². The van der Waals surface area contributed by atoms with Crippen LogP contribution in [0.5, 0.6) is 5.75 Å². The Morgan fingerprint density at radius 1 is 1.31 bits per heavy atom. The highest BCUT2D eigenvalue weighted by Crippen LogP contribution is 2.35. The fraction of sp³-hybridized carbons (Fsp3) is 0.300. The number of rotatable bonds is 5. The number of likely N-dealkylation sites (tertiary alicyclic amines) is 1. The molecule has 2 aromatic rings. The van der Waals surface area contributed by atoms with Gasteiger partial charge >= 0.3 is 0 Å². The lowest BCUT2D eigenvalue weighted by Crippen LogP contribution is -2.64. The quantitative estimate of drug-likeness (QED) is 0.706. The summed E-state index contributed by atoms with van der Waals surface area (Å²) in [6, 6.07) is 9.85. The third-order valence-electron chi connectivity index (χ3n) is 4.57. The molecule has 1 aliphatic heterocycles. The Kier molecular flexibility index (Phi) is 6.76. The zero-order chi connectivity index (χ0) is 21.6. The van der Waals surface area contributed by atoms with Crippen LogP contribution in [0.15, 0.2) is 45.6 Å². The molecule has 9 heteroatoms. The molecule has 0 unspecified atom stereocenters. The van der Waals surface area contributed by atoms with Crippen LogP contribution in [0.25, 0.3) is 0 Å². The van der Waals surface area contributed by atoms with E-state index < -0.39 is 17.2 Å². The van der Waals surface area contributed by atoms with Crippen LogP contribution < -0.4 is 15.9 Å². The third-order valence-corrected chi connectivity index (χ3v) is 4.57. The molecule has 3 N–H and O–H groups in total. The van der Waals surface area contributed by atoms with E-state index in [1.54, 1.807) is 14.0 Å². The molecule has 0 saturated carbocycles. The fourth-order valence-electron chi connectivity index (χ4n) is 3.22. The van der Waals surface area contributed by atoms with Crippen LogP contribution in [0.3, 0.4) is 0 Å². The van der Waals surface area contributed by atoms with Gasteiger partial charge in [0.05, 0.1) is 12.5 Å². The molecule has 1 fully saturated rings. The number of nitrogens with two attached hydrogens (primary N) is 1. The molecule has 29 heavy (non-hydrogen) atoms. The van der Waals surface area contributed by atoms with Crippen molar-refractivity contribution in [2.75, 3.05) is 20.2 Å². The molecule has 1 aromatic carbocycles. The second-order valence-electron chi connectivity index (χ2n) is 6.71. The summed E-state index contributed by atoms with van der Waals surface area (Å²) in [7, 11) is 1.57. The molecule has 0 bridgehead atoms. The van der Waals surface area contributed by atoms with Gasteiger partial charge in [-0.25, -0.2) is 0 Å². The van der Waals surface area contributed by atoms with Crippen LogP contribution in [-0.2, 0) is 16.0 Å². The SMILES string of the molecule is COc1cccc(CC2(C(N)=O)CN(C(=O)c3cc(=O)cc(C)o3)C2)c1.O=CO. The largest absolute Gasteiger partial charge is 0.497 e. The number of methoxy groups -OCH3 is 1. The summed E-state index contributed by atoms with van der Waals surface area (Å²) < 4.78 is 10.5. The standard InChI is InChI=1S/C19H20N2O5.CH2O2/c1-12-6-14(22)8-16(26-12)17(23)21-10-19(11-21,18(20)24)9-13-4-3-5-15(7-13)25-2;2-1-3/h3-8H,9-11H2,1-2H3,(H2,20,24);1H,(H,2,3). The van der Waals surface area contributed by atoms with E-state index in [1.165, 1.54) is 11.0 Å². The van der Waals surface area contributed by atoms with E-state index in [4.69, 9.17) is 24.8 Å². The smallest absolute Gasteiger partial charge is 0.290 e. The van der Waals surface area contributed by atoms with Crippen molar-refractivity contribution in [2.24, 2.45) is 11.1 Å².